The van der Waals surface area contributed by atoms with Crippen LogP contribution in [-0.4, -0.2) is 53.8 Å². The third-order valence-electron chi connectivity index (χ3n) is 7.62. The van der Waals surface area contributed by atoms with Gasteiger partial charge in [-0.05, 0) is 52.4 Å². The summed E-state index contributed by atoms with van der Waals surface area (Å²) in [7, 11) is 0.660. The summed E-state index contributed by atoms with van der Waals surface area (Å²) in [5.74, 6) is 1.35. The van der Waals surface area contributed by atoms with Crippen molar-refractivity contribution in [3.63, 3.8) is 0 Å². The Morgan fingerprint density at radius 2 is 1.50 bits per heavy atom. The van der Waals surface area contributed by atoms with Crippen LogP contribution in [0.4, 0.5) is 0 Å². The number of hydrogen-bond donors (Lipinski definition) is 2. The molecule has 1 aliphatic heterocycles. The number of hydrogen-bond acceptors (Lipinski definition) is 8. The minimum Gasteiger partial charge on any atom is -0.497 e. The molecule has 5 rings (SSSR count). The summed E-state index contributed by atoms with van der Waals surface area (Å²) >= 11 is 0. The highest BCUT2D eigenvalue weighted by Crippen LogP contribution is 2.45. The van der Waals surface area contributed by atoms with Gasteiger partial charge in [0.05, 0.1) is 26.9 Å². The van der Waals surface area contributed by atoms with Crippen molar-refractivity contribution in [2.24, 2.45) is 0 Å². The fourth-order valence-corrected chi connectivity index (χ4v) is 5.71. The monoisotopic (exact) mass is 621 g/mol. The van der Waals surface area contributed by atoms with Gasteiger partial charge in [0.15, 0.2) is 0 Å². The van der Waals surface area contributed by atoms with Gasteiger partial charge in [-0.1, -0.05) is 54.6 Å². The molecule has 1 aliphatic rings. The van der Waals surface area contributed by atoms with Gasteiger partial charge in [0, 0.05) is 18.2 Å². The molecule has 1 aromatic heterocycles. The van der Waals surface area contributed by atoms with Crippen LogP contribution in [0.5, 0.6) is 11.5 Å². The Bertz CT molecular complexity index is 1640. The molecule has 0 bridgehead atoms. The van der Waals surface area contributed by atoms with Gasteiger partial charge in [0.1, 0.15) is 29.4 Å². The molecule has 1 saturated heterocycles. The molecule has 3 aromatic carbocycles. The van der Waals surface area contributed by atoms with E-state index in [2.05, 4.69) is 4.98 Å². The van der Waals surface area contributed by atoms with E-state index in [1.54, 1.807) is 21.1 Å². The van der Waals surface area contributed by atoms with E-state index in [0.29, 0.717) is 17.1 Å². The first-order valence-electron chi connectivity index (χ1n) is 14.0. The van der Waals surface area contributed by atoms with Crippen molar-refractivity contribution >= 4 is 8.03 Å². The largest absolute Gasteiger partial charge is 0.534 e. The van der Waals surface area contributed by atoms with Crippen molar-refractivity contribution in [2.75, 3.05) is 27.2 Å². The minimum absolute atomic E-state index is 0.0734. The Morgan fingerprint density at radius 1 is 0.932 bits per heavy atom. The highest BCUT2D eigenvalue weighted by molar-refractivity contribution is 7.37. The van der Waals surface area contributed by atoms with E-state index in [1.807, 2.05) is 78.9 Å². The fourth-order valence-electron chi connectivity index (χ4n) is 5.45. The normalized spacial score (nSPS) is 18.6. The molecular weight excluding hydrogens is 587 g/mol. The number of benzene rings is 3. The molecule has 1 unspecified atom stereocenters. The maximum atomic E-state index is 12.8. The molecule has 4 aromatic rings. The first kappa shape index (κ1) is 31.3. The summed E-state index contributed by atoms with van der Waals surface area (Å²) in [6, 6.07) is 24.9. The van der Waals surface area contributed by atoms with E-state index in [0.717, 1.165) is 16.7 Å². The number of H-pyrrole nitrogens is 1. The van der Waals surface area contributed by atoms with Crippen LogP contribution >= 0.6 is 8.03 Å². The SMILES string of the molecule is COc1ccc(C(O[C@H]2C[C@H](n3cc(C)c(=O)[nH]c3=O)O[C@@H]2COC[P+](=O)O)(c2ccccc2)c2ccc(OC)cc2)cc1. The van der Waals surface area contributed by atoms with E-state index in [1.165, 1.54) is 10.8 Å². The lowest BCUT2D eigenvalue weighted by Crippen LogP contribution is -2.41. The lowest BCUT2D eigenvalue weighted by Gasteiger charge is -2.39. The van der Waals surface area contributed by atoms with Crippen molar-refractivity contribution in [2.45, 2.75) is 37.4 Å². The maximum Gasteiger partial charge on any atom is 0.534 e. The molecule has 2 N–H and O–H groups in total. The lowest BCUT2D eigenvalue weighted by atomic mass is 9.79. The van der Waals surface area contributed by atoms with E-state index in [9.17, 15) is 19.0 Å². The van der Waals surface area contributed by atoms with E-state index < -0.39 is 43.3 Å². The lowest BCUT2D eigenvalue weighted by molar-refractivity contribution is -0.106. The van der Waals surface area contributed by atoms with Crippen molar-refractivity contribution in [1.29, 1.82) is 0 Å². The van der Waals surface area contributed by atoms with Crippen LogP contribution in [0.3, 0.4) is 0 Å². The zero-order valence-electron chi connectivity index (χ0n) is 24.5. The predicted molar refractivity (Wildman–Crippen MR) is 162 cm³/mol. The molecule has 0 radical (unpaired) electrons. The van der Waals surface area contributed by atoms with Gasteiger partial charge in [-0.15, -0.1) is 0 Å². The number of rotatable bonds is 12. The van der Waals surface area contributed by atoms with Crippen LogP contribution in [0.25, 0.3) is 0 Å². The van der Waals surface area contributed by atoms with Crippen LogP contribution in [-0.2, 0) is 24.4 Å². The molecule has 0 aliphatic carbocycles. The standard InChI is InChI=1S/C32H33N2O9P/c1-21-18-34(31(36)33-30(21)35)29-17-27(28(42-29)19-41-20-44(37)38)43-32(22-7-5-4-6-8-22,23-9-13-25(39-2)14-10-23)24-11-15-26(40-3)16-12-24/h4-16,18,27-29H,17,19-20H2,1-3H3,(H-,33,35,36,37,38)/p+1/t27-,28+,29+/m0/s1. The van der Waals surface area contributed by atoms with Gasteiger partial charge in [-0.2, -0.15) is 4.89 Å². The van der Waals surface area contributed by atoms with Gasteiger partial charge in [-0.3, -0.25) is 14.3 Å². The van der Waals surface area contributed by atoms with Crippen LogP contribution in [0.1, 0.15) is 34.9 Å². The number of methoxy groups -OCH3 is 2. The number of aromatic amines is 1. The van der Waals surface area contributed by atoms with Crippen molar-refractivity contribution in [3.05, 3.63) is 128 Å². The number of nitrogens with one attached hydrogen (secondary N) is 1. The Morgan fingerprint density at radius 3 is 2.05 bits per heavy atom. The summed E-state index contributed by atoms with van der Waals surface area (Å²) in [5, 5.41) is 0. The predicted octanol–water partition coefficient (Wildman–Crippen LogP) is 4.24. The molecule has 230 valence electrons. The molecule has 1 fully saturated rings. The second kappa shape index (κ2) is 13.7. The third kappa shape index (κ3) is 6.52. The van der Waals surface area contributed by atoms with Crippen molar-refractivity contribution < 1.29 is 33.1 Å². The zero-order chi connectivity index (χ0) is 31.3. The second-order valence-corrected chi connectivity index (χ2v) is 11.3. The van der Waals surface area contributed by atoms with Crippen molar-refractivity contribution in [1.82, 2.24) is 9.55 Å². The number of aromatic nitrogens is 2. The average molecular weight is 622 g/mol. The molecule has 0 spiro atoms. The molecule has 0 saturated carbocycles. The Labute approximate surface area is 254 Å². The molecule has 0 amide bonds. The van der Waals surface area contributed by atoms with E-state index in [4.69, 9.17) is 23.7 Å². The van der Waals surface area contributed by atoms with Crippen LogP contribution in [0, 0.1) is 6.92 Å². The van der Waals surface area contributed by atoms with Crippen LogP contribution < -0.4 is 20.7 Å². The first-order chi connectivity index (χ1) is 21.2. The Kier molecular flexibility index (Phi) is 9.73. The fraction of sp³-hybridized carbons (Fsp3) is 0.312. The Balaban J connectivity index is 1.65. The highest BCUT2D eigenvalue weighted by atomic mass is 31.1. The zero-order valence-corrected chi connectivity index (χ0v) is 25.4. The Hall–Kier alpha value is -4.12. The summed E-state index contributed by atoms with van der Waals surface area (Å²) < 4.78 is 42.7. The van der Waals surface area contributed by atoms with Gasteiger partial charge in [0.2, 0.25) is 0 Å². The quantitative estimate of drug-likeness (QED) is 0.176. The number of aryl methyl sites for hydroxylation is 1. The summed E-state index contributed by atoms with van der Waals surface area (Å²) in [4.78, 5) is 36.6. The van der Waals surface area contributed by atoms with Gasteiger partial charge in [0.25, 0.3) is 11.9 Å². The molecule has 11 nitrogen and oxygen atoms in total. The van der Waals surface area contributed by atoms with Crippen LogP contribution in [0.15, 0.2) is 94.6 Å². The minimum atomic E-state index is -2.54. The molecule has 2 heterocycles. The van der Waals surface area contributed by atoms with Gasteiger partial charge in [-0.25, -0.2) is 4.79 Å². The van der Waals surface area contributed by atoms with Gasteiger partial charge < -0.3 is 23.7 Å². The molecule has 12 heteroatoms. The van der Waals surface area contributed by atoms with Gasteiger partial charge >= 0.3 is 13.7 Å². The maximum absolute atomic E-state index is 12.8. The van der Waals surface area contributed by atoms with Crippen LogP contribution in [0.2, 0.25) is 0 Å². The molecule has 44 heavy (non-hydrogen) atoms. The average Bonchev–Trinajstić information content (AvgIpc) is 3.43. The van der Waals surface area contributed by atoms with E-state index in [-0.39, 0.29) is 19.4 Å². The first-order valence-corrected chi connectivity index (χ1v) is 15.4. The van der Waals surface area contributed by atoms with E-state index >= 15 is 0 Å². The third-order valence-corrected chi connectivity index (χ3v) is 8.03. The summed E-state index contributed by atoms with van der Waals surface area (Å²) in [5.41, 5.74) is 0.484. The van der Waals surface area contributed by atoms with Crippen molar-refractivity contribution in [3.8, 4) is 11.5 Å². The molecule has 4 atom stereocenters. The number of ether oxygens (including phenoxy) is 5. The summed E-state index contributed by atoms with van der Waals surface area (Å²) in [6.45, 7) is 1.53. The smallest absolute Gasteiger partial charge is 0.497 e. The summed E-state index contributed by atoms with van der Waals surface area (Å²) in [6.07, 6.45) is -0.946. The molecular formula is C32H34N2O9P+. The highest BCUT2D eigenvalue weighted by Gasteiger charge is 2.46. The number of nitrogens with zero attached hydrogens (tertiary/aromatic N) is 1. The topological polar surface area (TPSA) is 138 Å². The second-order valence-electron chi connectivity index (χ2n) is 10.4.